The number of likely N-dealkylation sites (tertiary alicyclic amines) is 1. The zero-order valence-corrected chi connectivity index (χ0v) is 23.7. The van der Waals surface area contributed by atoms with Crippen molar-refractivity contribution in [2.24, 2.45) is 35.0 Å². The highest BCUT2D eigenvalue weighted by molar-refractivity contribution is 8.00. The molecule has 38 heavy (non-hydrogen) atoms. The molecule has 6 rings (SSSR count). The number of thioether (sulfide) groups is 1. The third-order valence-corrected chi connectivity index (χ3v) is 9.98. The summed E-state index contributed by atoms with van der Waals surface area (Å²) in [7, 11) is 0. The fourth-order valence-corrected chi connectivity index (χ4v) is 8.23. The van der Waals surface area contributed by atoms with Gasteiger partial charge >= 0.3 is 5.97 Å². The molecule has 210 valence electrons. The second-order valence-corrected chi connectivity index (χ2v) is 14.4. The number of hydrogen-bond donors (Lipinski definition) is 2. The lowest BCUT2D eigenvalue weighted by Crippen LogP contribution is -2.55. The Balaban J connectivity index is 1.26. The summed E-state index contributed by atoms with van der Waals surface area (Å²) in [5.41, 5.74) is -0.901. The van der Waals surface area contributed by atoms with Crippen LogP contribution in [0.15, 0.2) is 9.42 Å². The van der Waals surface area contributed by atoms with E-state index in [-0.39, 0.29) is 47.9 Å². The Labute approximate surface area is 228 Å². The summed E-state index contributed by atoms with van der Waals surface area (Å²) in [5.74, 6) is 1.37. The van der Waals surface area contributed by atoms with E-state index in [9.17, 15) is 19.5 Å². The highest BCUT2D eigenvalue weighted by Gasteiger charge is 2.49. The number of amides is 2. The summed E-state index contributed by atoms with van der Waals surface area (Å²) in [6.45, 7) is 8.43. The first-order chi connectivity index (χ1) is 18.0. The van der Waals surface area contributed by atoms with Crippen LogP contribution in [0.5, 0.6) is 5.88 Å². The minimum absolute atomic E-state index is 0.0366. The molecule has 2 amide bonds. The first-order valence-electron chi connectivity index (χ1n) is 14.1. The average Bonchev–Trinajstić information content (AvgIpc) is 3.26. The molecule has 2 heterocycles. The van der Waals surface area contributed by atoms with Gasteiger partial charge in [0.25, 0.3) is 11.8 Å². The van der Waals surface area contributed by atoms with Gasteiger partial charge in [-0.25, -0.2) is 0 Å². The molecule has 0 radical (unpaired) electrons. The summed E-state index contributed by atoms with van der Waals surface area (Å²) in [4.78, 5) is 40.3. The molecule has 0 spiro atoms. The highest BCUT2D eigenvalue weighted by Crippen LogP contribution is 2.53. The summed E-state index contributed by atoms with van der Waals surface area (Å²) >= 11 is 1.47. The predicted octanol–water partition coefficient (Wildman–Crippen LogP) is 4.46. The summed E-state index contributed by atoms with van der Waals surface area (Å²) in [6, 6.07) is 0.192. The molecule has 1 aromatic rings. The number of piperidine rings is 1. The lowest BCUT2D eigenvalue weighted by molar-refractivity contribution is -0.149. The Kier molecular flexibility index (Phi) is 7.73. The van der Waals surface area contributed by atoms with E-state index in [1.807, 2.05) is 13.8 Å². The van der Waals surface area contributed by atoms with Gasteiger partial charge in [0.1, 0.15) is 11.5 Å². The van der Waals surface area contributed by atoms with Crippen molar-refractivity contribution in [3.8, 4) is 5.88 Å². The fraction of sp³-hybridized carbons (Fsp3) is 0.786. The van der Waals surface area contributed by atoms with Gasteiger partial charge in [0, 0.05) is 24.4 Å². The molecule has 0 aromatic carbocycles. The van der Waals surface area contributed by atoms with Crippen molar-refractivity contribution in [3.05, 3.63) is 5.76 Å². The van der Waals surface area contributed by atoms with Gasteiger partial charge in [-0.05, 0) is 87.6 Å². The Morgan fingerprint density at radius 3 is 2.42 bits per heavy atom. The molecule has 9 nitrogen and oxygen atoms in total. The minimum Gasteiger partial charge on any atom is -0.481 e. The van der Waals surface area contributed by atoms with Crippen LogP contribution in [0.4, 0.5) is 0 Å². The van der Waals surface area contributed by atoms with E-state index in [1.54, 1.807) is 18.7 Å². The molecule has 10 heteroatoms. The molecule has 5 aliphatic rings. The molecule has 4 aliphatic carbocycles. The van der Waals surface area contributed by atoms with E-state index in [0.717, 1.165) is 11.8 Å². The zero-order valence-electron chi connectivity index (χ0n) is 22.9. The van der Waals surface area contributed by atoms with Crippen molar-refractivity contribution in [2.75, 3.05) is 19.7 Å². The molecule has 4 bridgehead atoms. The van der Waals surface area contributed by atoms with Gasteiger partial charge in [0.15, 0.2) is 0 Å². The molecule has 2 N–H and O–H groups in total. The third-order valence-electron chi connectivity index (χ3n) is 8.91. The zero-order chi connectivity index (χ0) is 27.2. The van der Waals surface area contributed by atoms with Crippen LogP contribution in [-0.2, 0) is 9.59 Å². The molecule has 5 fully saturated rings. The molecular formula is C28H41N3O6S. The Morgan fingerprint density at radius 1 is 1.16 bits per heavy atom. The fourth-order valence-electron chi connectivity index (χ4n) is 7.32. The minimum atomic E-state index is -0.901. The normalized spacial score (nSPS) is 30.5. The van der Waals surface area contributed by atoms with Crippen LogP contribution in [0.25, 0.3) is 0 Å². The monoisotopic (exact) mass is 547 g/mol. The average molecular weight is 548 g/mol. The lowest BCUT2D eigenvalue weighted by atomic mass is 9.54. The Morgan fingerprint density at radius 2 is 1.82 bits per heavy atom. The van der Waals surface area contributed by atoms with Crippen LogP contribution >= 0.6 is 11.8 Å². The van der Waals surface area contributed by atoms with Crippen LogP contribution < -0.4 is 10.1 Å². The lowest BCUT2D eigenvalue weighted by Gasteiger charge is -2.54. The number of carbonyl (C=O) groups excluding carboxylic acids is 2. The second-order valence-electron chi connectivity index (χ2n) is 12.8. The molecular weight excluding hydrogens is 506 g/mol. The second kappa shape index (κ2) is 10.7. The first kappa shape index (κ1) is 27.3. The number of nitrogens with zero attached hydrogens (tertiary/aromatic N) is 2. The van der Waals surface area contributed by atoms with E-state index in [0.29, 0.717) is 36.1 Å². The van der Waals surface area contributed by atoms with Crippen molar-refractivity contribution >= 4 is 29.5 Å². The number of carbonyl (C=O) groups is 3. The number of rotatable bonds is 9. The predicted molar refractivity (Wildman–Crippen MR) is 142 cm³/mol. The Bertz CT molecular complexity index is 1040. The maximum atomic E-state index is 13.4. The van der Waals surface area contributed by atoms with E-state index in [1.165, 1.54) is 43.9 Å². The smallest absolute Gasteiger partial charge is 0.308 e. The summed E-state index contributed by atoms with van der Waals surface area (Å²) < 4.78 is 11.6. The van der Waals surface area contributed by atoms with Gasteiger partial charge in [0.2, 0.25) is 11.7 Å². The van der Waals surface area contributed by atoms with Gasteiger partial charge in [-0.2, -0.15) is 0 Å². The van der Waals surface area contributed by atoms with E-state index >= 15 is 0 Å². The maximum Gasteiger partial charge on any atom is 0.308 e. The molecule has 1 saturated heterocycles. The van der Waals surface area contributed by atoms with E-state index < -0.39 is 17.3 Å². The summed E-state index contributed by atoms with van der Waals surface area (Å²) in [5, 5.41) is 17.0. The highest BCUT2D eigenvalue weighted by atomic mass is 32.2. The van der Waals surface area contributed by atoms with Crippen molar-refractivity contribution in [3.63, 3.8) is 0 Å². The number of aromatic nitrogens is 1. The van der Waals surface area contributed by atoms with Crippen LogP contribution in [-0.4, -0.2) is 63.9 Å². The van der Waals surface area contributed by atoms with Crippen molar-refractivity contribution in [2.45, 2.75) is 88.8 Å². The number of ether oxygens (including phenoxy) is 1. The van der Waals surface area contributed by atoms with Gasteiger partial charge in [-0.1, -0.05) is 13.8 Å². The van der Waals surface area contributed by atoms with Crippen molar-refractivity contribution < 1.29 is 28.8 Å². The molecule has 1 aromatic heterocycles. The number of nitrogens with one attached hydrogen (secondary N) is 1. The summed E-state index contributed by atoms with van der Waals surface area (Å²) in [6.07, 6.45) is 7.46. The van der Waals surface area contributed by atoms with E-state index in [4.69, 9.17) is 9.26 Å². The van der Waals surface area contributed by atoms with E-state index in [2.05, 4.69) is 10.5 Å². The van der Waals surface area contributed by atoms with Crippen LogP contribution in [0.1, 0.15) is 83.2 Å². The van der Waals surface area contributed by atoms with Crippen LogP contribution in [0.2, 0.25) is 0 Å². The van der Waals surface area contributed by atoms with Gasteiger partial charge in [0.05, 0.1) is 11.3 Å². The SMILES string of the molecule is CC(C)Sc1c(OCC(C)(C)C(=O)N2CCC[C@H](C(=O)O)C2)noc1C(=O)NC1C2CC3CC(C2)CC1C3. The standard InChI is InChI=1S/C28H41N3O6S/c1-15(2)38-23-22(24(32)29-21-19-9-16-8-17(11-19)12-20(21)10-16)37-30-25(23)36-14-28(3,4)27(35)31-7-5-6-18(13-31)26(33)34/h15-21H,5-14H2,1-4H3,(H,29,32)(H,33,34)/t16?,17?,18-,19?,20?,21?/m0/s1. The molecule has 1 aliphatic heterocycles. The quantitative estimate of drug-likeness (QED) is 0.435. The number of hydrogen-bond acceptors (Lipinski definition) is 7. The largest absolute Gasteiger partial charge is 0.481 e. The topological polar surface area (TPSA) is 122 Å². The van der Waals surface area contributed by atoms with Crippen LogP contribution in [0, 0.1) is 35.0 Å². The number of carboxylic acids is 1. The van der Waals surface area contributed by atoms with Crippen LogP contribution in [0.3, 0.4) is 0 Å². The van der Waals surface area contributed by atoms with Gasteiger partial charge in [-0.3, -0.25) is 14.4 Å². The van der Waals surface area contributed by atoms with Crippen molar-refractivity contribution in [1.29, 1.82) is 0 Å². The number of aliphatic carboxylic acids is 1. The third kappa shape index (κ3) is 5.56. The maximum absolute atomic E-state index is 13.4. The van der Waals surface area contributed by atoms with Crippen molar-refractivity contribution in [1.82, 2.24) is 15.4 Å². The molecule has 0 unspecified atom stereocenters. The van der Waals surface area contributed by atoms with Gasteiger partial charge in [-0.15, -0.1) is 11.8 Å². The molecule has 1 atom stereocenters. The molecule has 4 saturated carbocycles. The first-order valence-corrected chi connectivity index (χ1v) is 15.0. The number of carboxylic acid groups (broad SMARTS) is 1. The Hall–Kier alpha value is -2.23. The van der Waals surface area contributed by atoms with Gasteiger partial charge < -0.3 is 24.6 Å².